The number of methoxy groups -OCH3 is 1. The maximum Gasteiger partial charge on any atom is 0.219 e. The second-order valence-electron chi connectivity index (χ2n) is 7.41. The number of aromatic nitrogens is 2. The molecule has 8 heteroatoms. The number of carbonyl (C=O) groups excluding carboxylic acids is 1. The molecule has 0 amide bonds. The summed E-state index contributed by atoms with van der Waals surface area (Å²) in [5, 5.41) is 14.3. The molecule has 30 heavy (non-hydrogen) atoms. The Kier molecular flexibility index (Phi) is 4.46. The Hall–Kier alpha value is -3.68. The molecule has 0 spiro atoms. The van der Waals surface area contributed by atoms with Crippen LogP contribution in [0.5, 0.6) is 5.75 Å². The standard InChI is InChI=1S/C22H19FN4O3/c1-29-16-8-4-12(5-9-16)14-10-17-19(18(28)11-14)20(13-2-6-15(23)7-3-13)25-22-21(24-17)26-30-27-22/h2-9,14,20H,10-11H2,1H3,(H,24,26)(H,25,27)/t14-,20+/m1/s1. The first-order valence-corrected chi connectivity index (χ1v) is 9.64. The van der Waals surface area contributed by atoms with Crippen LogP contribution in [0.1, 0.15) is 35.9 Å². The summed E-state index contributed by atoms with van der Waals surface area (Å²) in [5.74, 6) is 1.31. The van der Waals surface area contributed by atoms with Crippen LogP contribution in [-0.4, -0.2) is 23.2 Å². The molecular weight excluding hydrogens is 387 g/mol. The zero-order valence-corrected chi connectivity index (χ0v) is 16.2. The van der Waals surface area contributed by atoms with Crippen molar-refractivity contribution in [3.05, 3.63) is 76.7 Å². The summed E-state index contributed by atoms with van der Waals surface area (Å²) in [7, 11) is 1.62. The molecule has 2 aromatic carbocycles. The zero-order chi connectivity index (χ0) is 20.7. The van der Waals surface area contributed by atoms with Crippen LogP contribution in [0.3, 0.4) is 0 Å². The van der Waals surface area contributed by atoms with E-state index in [1.165, 1.54) is 12.1 Å². The lowest BCUT2D eigenvalue weighted by Gasteiger charge is -2.29. The van der Waals surface area contributed by atoms with Gasteiger partial charge in [0.15, 0.2) is 5.78 Å². The number of fused-ring (bicyclic) bond motifs is 1. The minimum atomic E-state index is -0.481. The Labute approximate surface area is 171 Å². The van der Waals surface area contributed by atoms with Gasteiger partial charge < -0.3 is 15.4 Å². The number of hydrogen-bond donors (Lipinski definition) is 2. The first-order chi connectivity index (χ1) is 14.6. The summed E-state index contributed by atoms with van der Waals surface area (Å²) in [6, 6.07) is 13.4. The number of benzene rings is 2. The predicted molar refractivity (Wildman–Crippen MR) is 108 cm³/mol. The molecule has 2 atom stereocenters. The first-order valence-electron chi connectivity index (χ1n) is 9.64. The zero-order valence-electron chi connectivity index (χ0n) is 16.2. The molecule has 2 N–H and O–H groups in total. The van der Waals surface area contributed by atoms with Crippen LogP contribution in [0.15, 0.2) is 64.4 Å². The Morgan fingerprint density at radius 1 is 1.00 bits per heavy atom. The third kappa shape index (κ3) is 3.20. The van der Waals surface area contributed by atoms with Crippen molar-refractivity contribution in [2.75, 3.05) is 17.7 Å². The Morgan fingerprint density at radius 3 is 2.43 bits per heavy atom. The van der Waals surface area contributed by atoms with Crippen molar-refractivity contribution in [1.29, 1.82) is 0 Å². The number of hydrogen-bond acceptors (Lipinski definition) is 7. The predicted octanol–water partition coefficient (Wildman–Crippen LogP) is 4.20. The lowest BCUT2D eigenvalue weighted by atomic mass is 9.78. The van der Waals surface area contributed by atoms with Gasteiger partial charge in [0.2, 0.25) is 11.6 Å². The highest BCUT2D eigenvalue weighted by Crippen LogP contribution is 2.43. The largest absolute Gasteiger partial charge is 0.497 e. The van der Waals surface area contributed by atoms with Gasteiger partial charge in [-0.05, 0) is 58.0 Å². The summed E-state index contributed by atoms with van der Waals surface area (Å²) in [4.78, 5) is 13.3. The van der Waals surface area contributed by atoms with E-state index in [9.17, 15) is 9.18 Å². The number of halogens is 1. The van der Waals surface area contributed by atoms with Crippen LogP contribution < -0.4 is 15.4 Å². The minimum absolute atomic E-state index is 0.0185. The molecule has 1 aromatic heterocycles. The second-order valence-corrected chi connectivity index (χ2v) is 7.41. The van der Waals surface area contributed by atoms with Gasteiger partial charge >= 0.3 is 0 Å². The van der Waals surface area contributed by atoms with Gasteiger partial charge in [-0.15, -0.1) is 0 Å². The molecule has 0 saturated carbocycles. The normalized spacial score (nSPS) is 20.5. The van der Waals surface area contributed by atoms with E-state index in [2.05, 4.69) is 20.9 Å². The third-order valence-electron chi connectivity index (χ3n) is 5.63. The van der Waals surface area contributed by atoms with Crippen LogP contribution in [0.4, 0.5) is 16.0 Å². The van der Waals surface area contributed by atoms with Crippen LogP contribution in [0, 0.1) is 5.82 Å². The van der Waals surface area contributed by atoms with E-state index in [4.69, 9.17) is 9.37 Å². The Balaban J connectivity index is 1.55. The van der Waals surface area contributed by atoms with Crippen molar-refractivity contribution in [3.8, 4) is 5.75 Å². The highest BCUT2D eigenvalue weighted by molar-refractivity contribution is 6.00. The van der Waals surface area contributed by atoms with Gasteiger partial charge in [-0.25, -0.2) is 9.02 Å². The lowest BCUT2D eigenvalue weighted by molar-refractivity contribution is -0.116. The summed E-state index contributed by atoms with van der Waals surface area (Å²) < 4.78 is 23.6. The topological polar surface area (TPSA) is 89.3 Å². The molecule has 0 bridgehead atoms. The van der Waals surface area contributed by atoms with Gasteiger partial charge in [-0.1, -0.05) is 24.3 Å². The monoisotopic (exact) mass is 406 g/mol. The van der Waals surface area contributed by atoms with Crippen LogP contribution in [0.25, 0.3) is 0 Å². The average Bonchev–Trinajstić information content (AvgIpc) is 3.13. The van der Waals surface area contributed by atoms with E-state index in [1.807, 2.05) is 24.3 Å². The maximum absolute atomic E-state index is 13.5. The van der Waals surface area contributed by atoms with E-state index in [-0.39, 0.29) is 17.5 Å². The number of carbonyl (C=O) groups is 1. The molecular formula is C22H19FN4O3. The fraction of sp³-hybridized carbons (Fsp3) is 0.227. The summed E-state index contributed by atoms with van der Waals surface area (Å²) in [6.07, 6.45) is 1.00. The van der Waals surface area contributed by atoms with Gasteiger partial charge in [0.05, 0.1) is 13.2 Å². The molecule has 2 heterocycles. The molecule has 152 valence electrons. The number of nitrogens with one attached hydrogen (secondary N) is 2. The fourth-order valence-electron chi connectivity index (χ4n) is 4.12. The van der Waals surface area contributed by atoms with E-state index in [0.717, 1.165) is 22.6 Å². The van der Waals surface area contributed by atoms with Crippen LogP contribution in [0.2, 0.25) is 0 Å². The van der Waals surface area contributed by atoms with Crippen LogP contribution >= 0.6 is 0 Å². The molecule has 0 unspecified atom stereocenters. The number of rotatable bonds is 3. The van der Waals surface area contributed by atoms with Crippen molar-refractivity contribution in [2.45, 2.75) is 24.8 Å². The summed E-state index contributed by atoms with van der Waals surface area (Å²) in [6.45, 7) is 0. The number of allylic oxidation sites excluding steroid dienone is 1. The molecule has 5 rings (SSSR count). The molecule has 1 aliphatic carbocycles. The van der Waals surface area contributed by atoms with Crippen molar-refractivity contribution < 1.29 is 18.6 Å². The van der Waals surface area contributed by atoms with E-state index in [0.29, 0.717) is 30.1 Å². The molecule has 0 saturated heterocycles. The van der Waals surface area contributed by atoms with E-state index in [1.54, 1.807) is 19.2 Å². The third-order valence-corrected chi connectivity index (χ3v) is 5.63. The summed E-state index contributed by atoms with van der Waals surface area (Å²) >= 11 is 0. The Bertz CT molecular complexity index is 1120. The number of ether oxygens (including phenoxy) is 1. The summed E-state index contributed by atoms with van der Waals surface area (Å²) in [5.41, 5.74) is 3.21. The van der Waals surface area contributed by atoms with Crippen molar-refractivity contribution in [3.63, 3.8) is 0 Å². The molecule has 7 nitrogen and oxygen atoms in total. The lowest BCUT2D eigenvalue weighted by Crippen LogP contribution is -2.27. The van der Waals surface area contributed by atoms with Gasteiger partial charge in [-0.3, -0.25) is 4.79 Å². The molecule has 1 aliphatic heterocycles. The average molecular weight is 406 g/mol. The SMILES string of the molecule is COc1ccc([C@H]2CC(=O)C3=C(C2)Nc2nonc2N[C@H]3c2ccc(F)cc2)cc1. The fourth-order valence-corrected chi connectivity index (χ4v) is 4.12. The van der Waals surface area contributed by atoms with Crippen molar-refractivity contribution >= 4 is 17.4 Å². The first kappa shape index (κ1) is 18.4. The minimum Gasteiger partial charge on any atom is -0.497 e. The smallest absolute Gasteiger partial charge is 0.219 e. The number of ketones is 1. The number of nitrogens with zero attached hydrogens (tertiary/aromatic N) is 2. The molecule has 2 aliphatic rings. The van der Waals surface area contributed by atoms with Gasteiger partial charge in [0, 0.05) is 17.7 Å². The quantitative estimate of drug-likeness (QED) is 0.674. The van der Waals surface area contributed by atoms with Gasteiger partial charge in [-0.2, -0.15) is 0 Å². The highest BCUT2D eigenvalue weighted by atomic mass is 19.1. The maximum atomic E-state index is 13.5. The van der Waals surface area contributed by atoms with Crippen molar-refractivity contribution in [1.82, 2.24) is 10.3 Å². The number of Topliss-reactive ketones (excluding diaryl/α,β-unsaturated/α-hetero) is 1. The number of anilines is 2. The second kappa shape index (κ2) is 7.29. The van der Waals surface area contributed by atoms with Gasteiger partial charge in [0.25, 0.3) is 0 Å². The van der Waals surface area contributed by atoms with Gasteiger partial charge in [0.1, 0.15) is 11.6 Å². The van der Waals surface area contributed by atoms with Crippen LogP contribution in [-0.2, 0) is 4.79 Å². The van der Waals surface area contributed by atoms with E-state index < -0.39 is 6.04 Å². The van der Waals surface area contributed by atoms with E-state index >= 15 is 0 Å². The van der Waals surface area contributed by atoms with Crippen molar-refractivity contribution in [2.24, 2.45) is 0 Å². The molecule has 3 aromatic rings. The molecule has 0 radical (unpaired) electrons. The highest BCUT2D eigenvalue weighted by Gasteiger charge is 2.37. The molecule has 0 fully saturated rings. The Morgan fingerprint density at radius 2 is 1.70 bits per heavy atom.